The number of fused-ring (bicyclic) bond motifs is 1. The van der Waals surface area contributed by atoms with E-state index in [0.29, 0.717) is 12.4 Å². The molecule has 0 spiro atoms. The number of esters is 1. The van der Waals surface area contributed by atoms with Crippen LogP contribution in [0.25, 0.3) is 0 Å². The SMILES string of the molecule is COc1ccc(Cn2nnnc2C2C(COC(C)=O)=CS[C@@H]3[C@@H](OC)C(=O)N23)cc1. The number of hydrogen-bond acceptors (Lipinski definition) is 9. The third-order valence-electron chi connectivity index (χ3n) is 5.01. The number of benzene rings is 1. The van der Waals surface area contributed by atoms with Crippen molar-refractivity contribution in [2.24, 2.45) is 0 Å². The Labute approximate surface area is 177 Å². The van der Waals surface area contributed by atoms with Gasteiger partial charge in [-0.25, -0.2) is 4.68 Å². The zero-order valence-corrected chi connectivity index (χ0v) is 17.5. The highest BCUT2D eigenvalue weighted by molar-refractivity contribution is 8.02. The third-order valence-corrected chi connectivity index (χ3v) is 6.20. The van der Waals surface area contributed by atoms with E-state index in [9.17, 15) is 9.59 Å². The molecule has 3 heterocycles. The molecule has 0 N–H and O–H groups in total. The molecule has 0 radical (unpaired) electrons. The van der Waals surface area contributed by atoms with Crippen molar-refractivity contribution in [3.8, 4) is 5.75 Å². The molecule has 10 nitrogen and oxygen atoms in total. The van der Waals surface area contributed by atoms with E-state index in [2.05, 4.69) is 15.5 Å². The number of tetrazole rings is 1. The molecular weight excluding hydrogens is 410 g/mol. The number of aromatic nitrogens is 4. The number of nitrogens with zero attached hydrogens (tertiary/aromatic N) is 5. The first kappa shape index (κ1) is 20.4. The molecule has 1 amide bonds. The third kappa shape index (κ3) is 3.65. The van der Waals surface area contributed by atoms with E-state index in [1.54, 1.807) is 16.7 Å². The van der Waals surface area contributed by atoms with Crippen LogP contribution in [-0.4, -0.2) is 69.3 Å². The lowest BCUT2D eigenvalue weighted by Crippen LogP contribution is -2.66. The number of amides is 1. The van der Waals surface area contributed by atoms with Crippen LogP contribution in [0.5, 0.6) is 5.75 Å². The van der Waals surface area contributed by atoms with Crippen molar-refractivity contribution < 1.29 is 23.8 Å². The van der Waals surface area contributed by atoms with Crippen molar-refractivity contribution >= 4 is 23.6 Å². The fourth-order valence-electron chi connectivity index (χ4n) is 3.50. The van der Waals surface area contributed by atoms with Gasteiger partial charge in [0.05, 0.1) is 13.7 Å². The molecule has 0 aliphatic carbocycles. The average Bonchev–Trinajstić information content (AvgIpc) is 3.20. The van der Waals surface area contributed by atoms with Crippen molar-refractivity contribution in [1.82, 2.24) is 25.1 Å². The summed E-state index contributed by atoms with van der Waals surface area (Å²) in [6, 6.07) is 7.04. The van der Waals surface area contributed by atoms with E-state index in [1.807, 2.05) is 29.7 Å². The molecule has 2 aliphatic heterocycles. The Kier molecular flexibility index (Phi) is 5.73. The lowest BCUT2D eigenvalue weighted by atomic mass is 9.99. The van der Waals surface area contributed by atoms with Crippen LogP contribution in [0.2, 0.25) is 0 Å². The zero-order chi connectivity index (χ0) is 21.3. The van der Waals surface area contributed by atoms with Crippen LogP contribution in [0.3, 0.4) is 0 Å². The van der Waals surface area contributed by atoms with E-state index in [0.717, 1.165) is 16.9 Å². The molecule has 158 valence electrons. The second-order valence-corrected chi connectivity index (χ2v) is 7.84. The molecule has 2 aliphatic rings. The van der Waals surface area contributed by atoms with E-state index in [4.69, 9.17) is 14.2 Å². The van der Waals surface area contributed by atoms with Gasteiger partial charge in [-0.05, 0) is 33.5 Å². The van der Waals surface area contributed by atoms with E-state index in [-0.39, 0.29) is 17.9 Å². The number of methoxy groups -OCH3 is 2. The number of hydrogen-bond donors (Lipinski definition) is 0. The predicted molar refractivity (Wildman–Crippen MR) is 106 cm³/mol. The number of β-lactam (4-membered cyclic amide) rings is 1. The smallest absolute Gasteiger partial charge is 0.302 e. The molecular formula is C19H21N5O5S. The van der Waals surface area contributed by atoms with Crippen LogP contribution in [0.15, 0.2) is 35.2 Å². The van der Waals surface area contributed by atoms with Gasteiger partial charge in [0.2, 0.25) is 0 Å². The molecule has 4 rings (SSSR count). The van der Waals surface area contributed by atoms with E-state index < -0.39 is 18.1 Å². The summed E-state index contributed by atoms with van der Waals surface area (Å²) in [7, 11) is 3.13. The van der Waals surface area contributed by atoms with Gasteiger partial charge in [0.1, 0.15) is 23.8 Å². The fraction of sp³-hybridized carbons (Fsp3) is 0.421. The molecule has 1 unspecified atom stereocenters. The maximum absolute atomic E-state index is 12.7. The molecule has 1 fully saturated rings. The van der Waals surface area contributed by atoms with Gasteiger partial charge >= 0.3 is 5.97 Å². The van der Waals surface area contributed by atoms with Crippen molar-refractivity contribution in [1.29, 1.82) is 0 Å². The molecule has 1 saturated heterocycles. The summed E-state index contributed by atoms with van der Waals surface area (Å²) in [5.41, 5.74) is 1.71. The highest BCUT2D eigenvalue weighted by Crippen LogP contribution is 2.46. The summed E-state index contributed by atoms with van der Waals surface area (Å²) in [6.07, 6.45) is -0.519. The quantitative estimate of drug-likeness (QED) is 0.471. The highest BCUT2D eigenvalue weighted by atomic mass is 32.2. The van der Waals surface area contributed by atoms with Gasteiger partial charge in [-0.1, -0.05) is 12.1 Å². The first-order valence-corrected chi connectivity index (χ1v) is 10.2. The number of carbonyl (C=O) groups is 2. The Morgan fingerprint density at radius 2 is 2.00 bits per heavy atom. The summed E-state index contributed by atoms with van der Waals surface area (Å²) >= 11 is 1.46. The Morgan fingerprint density at radius 3 is 2.67 bits per heavy atom. The summed E-state index contributed by atoms with van der Waals surface area (Å²) in [6.45, 7) is 1.81. The van der Waals surface area contributed by atoms with Gasteiger partial charge in [-0.15, -0.1) is 16.9 Å². The van der Waals surface area contributed by atoms with Crippen molar-refractivity contribution in [3.05, 3.63) is 46.6 Å². The van der Waals surface area contributed by atoms with E-state index in [1.165, 1.54) is 25.8 Å². The maximum Gasteiger partial charge on any atom is 0.302 e. The highest BCUT2D eigenvalue weighted by Gasteiger charge is 2.55. The monoisotopic (exact) mass is 431 g/mol. The second kappa shape index (κ2) is 8.44. The molecule has 2 aromatic rings. The molecule has 30 heavy (non-hydrogen) atoms. The summed E-state index contributed by atoms with van der Waals surface area (Å²) in [4.78, 5) is 25.8. The minimum absolute atomic E-state index is 0.0521. The topological polar surface area (TPSA) is 109 Å². The lowest BCUT2D eigenvalue weighted by molar-refractivity contribution is -0.166. The molecule has 0 bridgehead atoms. The summed E-state index contributed by atoms with van der Waals surface area (Å²) in [5.74, 6) is 0.709. The molecule has 1 aromatic heterocycles. The number of ether oxygens (including phenoxy) is 3. The van der Waals surface area contributed by atoms with Crippen molar-refractivity contribution in [2.45, 2.75) is 31.0 Å². The van der Waals surface area contributed by atoms with Crippen LogP contribution in [-0.2, 0) is 25.6 Å². The Balaban J connectivity index is 1.64. The van der Waals surface area contributed by atoms with Crippen LogP contribution in [0, 0.1) is 0 Å². The predicted octanol–water partition coefficient (Wildman–Crippen LogP) is 1.15. The van der Waals surface area contributed by atoms with Crippen LogP contribution >= 0.6 is 11.8 Å². The number of thioether (sulfide) groups is 1. The number of carbonyl (C=O) groups excluding carboxylic acids is 2. The number of rotatable bonds is 7. The summed E-state index contributed by atoms with van der Waals surface area (Å²) < 4.78 is 17.4. The van der Waals surface area contributed by atoms with Gasteiger partial charge in [0.25, 0.3) is 5.91 Å². The Morgan fingerprint density at radius 1 is 1.23 bits per heavy atom. The van der Waals surface area contributed by atoms with Crippen LogP contribution in [0.4, 0.5) is 0 Å². The van der Waals surface area contributed by atoms with Crippen molar-refractivity contribution in [3.63, 3.8) is 0 Å². The molecule has 3 atom stereocenters. The minimum atomic E-state index is -0.539. The molecule has 0 saturated carbocycles. The summed E-state index contributed by atoms with van der Waals surface area (Å²) in [5, 5.41) is 13.9. The van der Waals surface area contributed by atoms with Crippen molar-refractivity contribution in [2.75, 3.05) is 20.8 Å². The average molecular weight is 431 g/mol. The maximum atomic E-state index is 12.7. The fourth-order valence-corrected chi connectivity index (χ4v) is 4.74. The van der Waals surface area contributed by atoms with E-state index >= 15 is 0 Å². The van der Waals surface area contributed by atoms with Crippen LogP contribution < -0.4 is 4.74 Å². The van der Waals surface area contributed by atoms with Gasteiger partial charge < -0.3 is 19.1 Å². The van der Waals surface area contributed by atoms with Gasteiger partial charge in [-0.3, -0.25) is 9.59 Å². The minimum Gasteiger partial charge on any atom is -0.497 e. The largest absolute Gasteiger partial charge is 0.497 e. The lowest BCUT2D eigenvalue weighted by Gasteiger charge is -2.51. The van der Waals surface area contributed by atoms with Crippen LogP contribution in [0.1, 0.15) is 24.4 Å². The second-order valence-electron chi connectivity index (χ2n) is 6.85. The molecule has 1 aromatic carbocycles. The Hall–Kier alpha value is -2.92. The molecule has 11 heteroatoms. The first-order valence-electron chi connectivity index (χ1n) is 9.25. The Bertz CT molecular complexity index is 976. The standard InChI is InChI=1S/C19H21N5O5S/c1-11(25)29-9-13-10-30-19-16(28-3)18(26)24(19)15(13)17-20-21-22-23(17)8-12-4-6-14(27-2)7-5-12/h4-7,10,15-16,19H,8-9H2,1-3H3/t15?,16-,19+/m0/s1. The first-order chi connectivity index (χ1) is 14.5. The van der Waals surface area contributed by atoms with Gasteiger partial charge in [0.15, 0.2) is 11.9 Å². The van der Waals surface area contributed by atoms with Gasteiger partial charge in [-0.2, -0.15) is 0 Å². The normalized spacial score (nSPS) is 22.8. The van der Waals surface area contributed by atoms with Gasteiger partial charge in [0, 0.05) is 19.6 Å². The zero-order valence-electron chi connectivity index (χ0n) is 16.7.